The summed E-state index contributed by atoms with van der Waals surface area (Å²) in [6, 6.07) is 11.1. The van der Waals surface area contributed by atoms with Crippen LogP contribution in [0.25, 0.3) is 0 Å². The smallest absolute Gasteiger partial charge is 0.0175 e. The lowest BCUT2D eigenvalue weighted by molar-refractivity contribution is 0.144. The second-order valence-electron chi connectivity index (χ2n) is 6.99. The van der Waals surface area contributed by atoms with Gasteiger partial charge in [0.25, 0.3) is 0 Å². The van der Waals surface area contributed by atoms with Crippen molar-refractivity contribution in [1.29, 1.82) is 0 Å². The van der Waals surface area contributed by atoms with E-state index in [1.807, 2.05) is 0 Å². The van der Waals surface area contributed by atoms with Crippen molar-refractivity contribution in [3.8, 4) is 0 Å². The predicted molar refractivity (Wildman–Crippen MR) is 92.8 cm³/mol. The molecular formula is C18H27BrN2. The van der Waals surface area contributed by atoms with Crippen LogP contribution in [0, 0.1) is 0 Å². The Morgan fingerprint density at radius 1 is 1.05 bits per heavy atom. The van der Waals surface area contributed by atoms with E-state index in [9.17, 15) is 0 Å². The Morgan fingerprint density at radius 3 is 2.24 bits per heavy atom. The van der Waals surface area contributed by atoms with Gasteiger partial charge < -0.3 is 10.2 Å². The molecule has 2 fully saturated rings. The number of hydrogen-bond acceptors (Lipinski definition) is 2. The van der Waals surface area contributed by atoms with Gasteiger partial charge in [0, 0.05) is 22.6 Å². The molecule has 0 spiro atoms. The van der Waals surface area contributed by atoms with E-state index in [0.29, 0.717) is 6.04 Å². The molecule has 1 heterocycles. The maximum Gasteiger partial charge on any atom is 0.0175 e. The number of nitrogens with zero attached hydrogens (tertiary/aromatic N) is 1. The van der Waals surface area contributed by atoms with Crippen LogP contribution in [0.4, 0.5) is 0 Å². The molecule has 1 saturated heterocycles. The molecule has 0 amide bonds. The lowest BCUT2D eigenvalue weighted by Crippen LogP contribution is -2.50. The van der Waals surface area contributed by atoms with E-state index in [1.54, 1.807) is 0 Å². The minimum Gasteiger partial charge on any atom is -0.311 e. The van der Waals surface area contributed by atoms with Gasteiger partial charge in [0.2, 0.25) is 0 Å². The number of piperidine rings is 1. The summed E-state index contributed by atoms with van der Waals surface area (Å²) in [6.45, 7) is 7.14. The van der Waals surface area contributed by atoms with Crippen LogP contribution in [0.3, 0.4) is 0 Å². The Kier molecular flexibility index (Phi) is 5.03. The summed E-state index contributed by atoms with van der Waals surface area (Å²) in [5.74, 6) is 0.770. The van der Waals surface area contributed by atoms with Gasteiger partial charge in [0.05, 0.1) is 0 Å². The van der Waals surface area contributed by atoms with Gasteiger partial charge in [0.1, 0.15) is 0 Å². The fraction of sp³-hybridized carbons (Fsp3) is 0.667. The summed E-state index contributed by atoms with van der Waals surface area (Å²) in [6.07, 6.45) is 5.26. The van der Waals surface area contributed by atoms with Crippen LogP contribution >= 0.6 is 15.9 Å². The Morgan fingerprint density at radius 2 is 1.67 bits per heavy atom. The molecule has 0 radical (unpaired) electrons. The fourth-order valence-corrected chi connectivity index (χ4v) is 3.94. The van der Waals surface area contributed by atoms with Gasteiger partial charge in [-0.1, -0.05) is 28.1 Å². The SMILES string of the molecule is CC(C)N1CCC(NC2CC(c3ccc(Br)cc3)C2)CC1. The Bertz CT molecular complexity index is 443. The molecule has 2 nitrogen and oxygen atoms in total. The minimum absolute atomic E-state index is 0.705. The highest BCUT2D eigenvalue weighted by atomic mass is 79.9. The zero-order valence-electron chi connectivity index (χ0n) is 13.2. The molecule has 21 heavy (non-hydrogen) atoms. The Labute approximate surface area is 137 Å². The average molecular weight is 351 g/mol. The molecule has 1 N–H and O–H groups in total. The van der Waals surface area contributed by atoms with Gasteiger partial charge in [0.15, 0.2) is 0 Å². The first-order valence-electron chi connectivity index (χ1n) is 8.37. The van der Waals surface area contributed by atoms with Crippen LogP contribution < -0.4 is 5.32 Å². The van der Waals surface area contributed by atoms with Gasteiger partial charge in [-0.2, -0.15) is 0 Å². The van der Waals surface area contributed by atoms with E-state index < -0.39 is 0 Å². The van der Waals surface area contributed by atoms with E-state index in [-0.39, 0.29) is 0 Å². The minimum atomic E-state index is 0.705. The molecule has 3 rings (SSSR count). The van der Waals surface area contributed by atoms with Gasteiger partial charge in [-0.05, 0) is 76.2 Å². The van der Waals surface area contributed by atoms with Crippen molar-refractivity contribution in [1.82, 2.24) is 10.2 Å². The molecule has 1 aliphatic carbocycles. The van der Waals surface area contributed by atoms with Crippen molar-refractivity contribution in [2.75, 3.05) is 13.1 Å². The Balaban J connectivity index is 1.40. The highest BCUT2D eigenvalue weighted by molar-refractivity contribution is 9.10. The van der Waals surface area contributed by atoms with Crippen molar-refractivity contribution in [3.05, 3.63) is 34.3 Å². The molecule has 0 bridgehead atoms. The first kappa shape index (κ1) is 15.5. The van der Waals surface area contributed by atoms with Crippen LogP contribution in [0.2, 0.25) is 0 Å². The summed E-state index contributed by atoms with van der Waals surface area (Å²) in [5, 5.41) is 3.89. The molecular weight excluding hydrogens is 324 g/mol. The Hall–Kier alpha value is -0.380. The molecule has 2 aliphatic rings. The zero-order chi connectivity index (χ0) is 14.8. The van der Waals surface area contributed by atoms with Gasteiger partial charge >= 0.3 is 0 Å². The lowest BCUT2D eigenvalue weighted by Gasteiger charge is -2.42. The molecule has 1 aromatic carbocycles. The molecule has 0 unspecified atom stereocenters. The van der Waals surface area contributed by atoms with Gasteiger partial charge in [-0.15, -0.1) is 0 Å². The quantitative estimate of drug-likeness (QED) is 0.876. The number of benzene rings is 1. The van der Waals surface area contributed by atoms with Crippen molar-refractivity contribution >= 4 is 15.9 Å². The van der Waals surface area contributed by atoms with Crippen molar-refractivity contribution in [3.63, 3.8) is 0 Å². The summed E-state index contributed by atoms with van der Waals surface area (Å²) in [7, 11) is 0. The van der Waals surface area contributed by atoms with Gasteiger partial charge in [-0.25, -0.2) is 0 Å². The van der Waals surface area contributed by atoms with Crippen LogP contribution in [0.1, 0.15) is 51.0 Å². The maximum atomic E-state index is 3.89. The van der Waals surface area contributed by atoms with E-state index in [4.69, 9.17) is 0 Å². The number of likely N-dealkylation sites (tertiary alicyclic amines) is 1. The first-order chi connectivity index (χ1) is 10.1. The molecule has 1 aromatic rings. The van der Waals surface area contributed by atoms with Gasteiger partial charge in [-0.3, -0.25) is 0 Å². The maximum absolute atomic E-state index is 3.89. The third-order valence-corrected chi connectivity index (χ3v) is 5.74. The van der Waals surface area contributed by atoms with E-state index in [1.165, 1.54) is 48.8 Å². The molecule has 1 aliphatic heterocycles. The van der Waals surface area contributed by atoms with Crippen LogP contribution in [0.5, 0.6) is 0 Å². The average Bonchev–Trinajstić information content (AvgIpc) is 2.44. The summed E-state index contributed by atoms with van der Waals surface area (Å²) in [4.78, 5) is 2.60. The summed E-state index contributed by atoms with van der Waals surface area (Å²) in [5.41, 5.74) is 1.51. The lowest BCUT2D eigenvalue weighted by atomic mass is 9.75. The molecule has 1 saturated carbocycles. The van der Waals surface area contributed by atoms with E-state index in [0.717, 1.165) is 18.0 Å². The second-order valence-corrected chi connectivity index (χ2v) is 7.90. The number of nitrogens with one attached hydrogen (secondary N) is 1. The highest BCUT2D eigenvalue weighted by Gasteiger charge is 2.32. The van der Waals surface area contributed by atoms with E-state index >= 15 is 0 Å². The first-order valence-corrected chi connectivity index (χ1v) is 9.16. The van der Waals surface area contributed by atoms with Crippen molar-refractivity contribution in [2.24, 2.45) is 0 Å². The monoisotopic (exact) mass is 350 g/mol. The largest absolute Gasteiger partial charge is 0.311 e. The van der Waals surface area contributed by atoms with Crippen LogP contribution in [-0.4, -0.2) is 36.1 Å². The van der Waals surface area contributed by atoms with Crippen LogP contribution in [0.15, 0.2) is 28.7 Å². The third-order valence-electron chi connectivity index (χ3n) is 5.21. The molecule has 0 aromatic heterocycles. The zero-order valence-corrected chi connectivity index (χ0v) is 14.8. The number of hydrogen-bond donors (Lipinski definition) is 1. The predicted octanol–water partition coefficient (Wildman–Crippen LogP) is 4.16. The summed E-state index contributed by atoms with van der Waals surface area (Å²) < 4.78 is 1.18. The third kappa shape index (κ3) is 3.88. The second kappa shape index (κ2) is 6.80. The topological polar surface area (TPSA) is 15.3 Å². The van der Waals surface area contributed by atoms with Crippen molar-refractivity contribution in [2.45, 2.75) is 63.6 Å². The molecule has 3 heteroatoms. The van der Waals surface area contributed by atoms with Crippen LogP contribution in [-0.2, 0) is 0 Å². The van der Waals surface area contributed by atoms with E-state index in [2.05, 4.69) is 64.3 Å². The number of halogens is 1. The standard InChI is InChI=1S/C18H27BrN2/c1-13(2)21-9-7-17(8-10-21)20-18-11-15(12-18)14-3-5-16(19)6-4-14/h3-6,13,15,17-18,20H,7-12H2,1-2H3. The summed E-state index contributed by atoms with van der Waals surface area (Å²) >= 11 is 3.51. The number of rotatable bonds is 4. The molecule has 0 atom stereocenters. The van der Waals surface area contributed by atoms with Crippen molar-refractivity contribution < 1.29 is 0 Å². The highest BCUT2D eigenvalue weighted by Crippen LogP contribution is 2.37. The normalized spacial score (nSPS) is 27.8. The fourth-order valence-electron chi connectivity index (χ4n) is 3.68. The molecule has 116 valence electrons.